The van der Waals surface area contributed by atoms with Crippen LogP contribution >= 0.6 is 11.8 Å². The van der Waals surface area contributed by atoms with Gasteiger partial charge >= 0.3 is 6.03 Å². The Morgan fingerprint density at radius 1 is 1.20 bits per heavy atom. The maximum absolute atomic E-state index is 12.1. The van der Waals surface area contributed by atoms with Crippen molar-refractivity contribution < 1.29 is 4.79 Å². The normalized spacial score (nSPS) is 10.1. The number of nitrogens with zero attached hydrogens (tertiary/aromatic N) is 2. The van der Waals surface area contributed by atoms with Crippen LogP contribution in [0.4, 0.5) is 4.79 Å². The summed E-state index contributed by atoms with van der Waals surface area (Å²) < 4.78 is 0. The molecule has 0 fully saturated rings. The zero-order valence-electron chi connectivity index (χ0n) is 14.7. The molecule has 0 aromatic heterocycles. The maximum atomic E-state index is 12.1. The second-order valence-corrected chi connectivity index (χ2v) is 7.00. The van der Waals surface area contributed by atoms with Crippen molar-refractivity contribution in [2.75, 3.05) is 19.3 Å². The molecule has 5 heteroatoms. The minimum Gasteiger partial charge on any atom is -0.337 e. The lowest BCUT2D eigenvalue weighted by atomic mass is 10.1. The van der Waals surface area contributed by atoms with Crippen LogP contribution in [0.2, 0.25) is 0 Å². The Bertz CT molecular complexity index is 737. The summed E-state index contributed by atoms with van der Waals surface area (Å²) in [4.78, 5) is 13.8. The average Bonchev–Trinajstić information content (AvgIpc) is 2.63. The molecule has 4 nitrogen and oxygen atoms in total. The summed E-state index contributed by atoms with van der Waals surface area (Å²) in [5, 5.41) is 12.0. The van der Waals surface area contributed by atoms with E-state index in [2.05, 4.69) is 23.5 Å². The summed E-state index contributed by atoms with van der Waals surface area (Å²) in [5.41, 5.74) is 4.09. The highest BCUT2D eigenvalue weighted by atomic mass is 32.2. The first-order chi connectivity index (χ1) is 12.1. The van der Waals surface area contributed by atoms with Crippen molar-refractivity contribution in [3.8, 4) is 6.07 Å². The fourth-order valence-corrected chi connectivity index (χ4v) is 3.20. The van der Waals surface area contributed by atoms with Gasteiger partial charge in [-0.1, -0.05) is 48.0 Å². The summed E-state index contributed by atoms with van der Waals surface area (Å²) in [5.74, 6) is 1.59. The molecule has 0 aliphatic carbocycles. The largest absolute Gasteiger partial charge is 0.337 e. The van der Waals surface area contributed by atoms with E-state index in [-0.39, 0.29) is 6.03 Å². The molecule has 0 unspecified atom stereocenters. The van der Waals surface area contributed by atoms with Crippen LogP contribution < -0.4 is 5.32 Å². The maximum Gasteiger partial charge on any atom is 0.317 e. The molecule has 0 saturated carbocycles. The van der Waals surface area contributed by atoms with Gasteiger partial charge in [0.1, 0.15) is 0 Å². The number of nitriles is 1. The number of amides is 2. The van der Waals surface area contributed by atoms with Crippen molar-refractivity contribution in [3.63, 3.8) is 0 Å². The molecule has 0 heterocycles. The number of thioether (sulfide) groups is 1. The van der Waals surface area contributed by atoms with Crippen LogP contribution in [0.25, 0.3) is 0 Å². The number of urea groups is 1. The minimum atomic E-state index is -0.0707. The second-order valence-electron chi connectivity index (χ2n) is 5.90. The smallest absolute Gasteiger partial charge is 0.317 e. The van der Waals surface area contributed by atoms with Gasteiger partial charge in [-0.25, -0.2) is 4.79 Å². The van der Waals surface area contributed by atoms with Gasteiger partial charge in [0.15, 0.2) is 0 Å². The number of hydrogen-bond acceptors (Lipinski definition) is 3. The number of carbonyl (C=O) groups is 1. The second kappa shape index (κ2) is 9.75. The first-order valence-corrected chi connectivity index (χ1v) is 9.36. The quantitative estimate of drug-likeness (QED) is 0.767. The molecule has 130 valence electrons. The Morgan fingerprint density at radius 3 is 2.64 bits per heavy atom. The highest BCUT2D eigenvalue weighted by molar-refractivity contribution is 7.98. The lowest BCUT2D eigenvalue weighted by molar-refractivity contribution is 0.207. The number of aryl methyl sites for hydroxylation is 1. The first-order valence-electron chi connectivity index (χ1n) is 8.20. The van der Waals surface area contributed by atoms with Gasteiger partial charge in [0.05, 0.1) is 11.6 Å². The van der Waals surface area contributed by atoms with Crippen molar-refractivity contribution in [2.24, 2.45) is 0 Å². The van der Waals surface area contributed by atoms with Crippen LogP contribution in [-0.2, 0) is 12.3 Å². The summed E-state index contributed by atoms with van der Waals surface area (Å²) in [6.07, 6.45) is 0. The molecule has 0 atom stereocenters. The van der Waals surface area contributed by atoms with Gasteiger partial charge in [-0.15, -0.1) is 0 Å². The van der Waals surface area contributed by atoms with E-state index in [4.69, 9.17) is 5.26 Å². The van der Waals surface area contributed by atoms with Gasteiger partial charge in [-0.2, -0.15) is 17.0 Å². The number of benzene rings is 2. The van der Waals surface area contributed by atoms with Crippen molar-refractivity contribution in [1.29, 1.82) is 5.26 Å². The molecule has 0 aliphatic heterocycles. The topological polar surface area (TPSA) is 56.1 Å². The molecule has 2 rings (SSSR count). The number of rotatable bonds is 7. The zero-order valence-corrected chi connectivity index (χ0v) is 15.5. The summed E-state index contributed by atoms with van der Waals surface area (Å²) in [6.45, 7) is 3.25. The Labute approximate surface area is 153 Å². The summed E-state index contributed by atoms with van der Waals surface area (Å²) >= 11 is 1.71. The molecule has 2 aromatic carbocycles. The molecular weight excluding hydrogens is 330 g/mol. The fraction of sp³-hybridized carbons (Fsp3) is 0.300. The molecule has 0 saturated heterocycles. The van der Waals surface area contributed by atoms with E-state index in [0.29, 0.717) is 13.1 Å². The average molecular weight is 353 g/mol. The van der Waals surface area contributed by atoms with E-state index < -0.39 is 0 Å². The predicted octanol–water partition coefficient (Wildman–Crippen LogP) is 3.94. The van der Waals surface area contributed by atoms with Crippen molar-refractivity contribution in [3.05, 3.63) is 70.8 Å². The van der Waals surface area contributed by atoms with Gasteiger partial charge in [0.2, 0.25) is 0 Å². The lowest BCUT2D eigenvalue weighted by Crippen LogP contribution is -2.37. The van der Waals surface area contributed by atoms with E-state index in [9.17, 15) is 4.79 Å². The van der Waals surface area contributed by atoms with Crippen molar-refractivity contribution in [2.45, 2.75) is 19.2 Å². The Hall–Kier alpha value is -2.45. The van der Waals surface area contributed by atoms with Gasteiger partial charge in [-0.05, 0) is 24.1 Å². The number of nitrogens with one attached hydrogen (secondary N) is 1. The van der Waals surface area contributed by atoms with Gasteiger partial charge in [0.25, 0.3) is 0 Å². The molecular formula is C20H23N3OS. The molecule has 1 N–H and O–H groups in total. The molecule has 2 aromatic rings. The van der Waals surface area contributed by atoms with Crippen molar-refractivity contribution in [1.82, 2.24) is 10.2 Å². The van der Waals surface area contributed by atoms with E-state index in [1.54, 1.807) is 23.7 Å². The molecule has 0 radical (unpaired) electrons. The Morgan fingerprint density at radius 2 is 1.92 bits per heavy atom. The van der Waals surface area contributed by atoms with E-state index in [1.807, 2.05) is 43.3 Å². The van der Waals surface area contributed by atoms with E-state index in [0.717, 1.165) is 28.2 Å². The third-order valence-corrected chi connectivity index (χ3v) is 4.81. The Balaban J connectivity index is 1.68. The third kappa shape index (κ3) is 6.17. The predicted molar refractivity (Wildman–Crippen MR) is 103 cm³/mol. The highest BCUT2D eigenvalue weighted by Gasteiger charge is 2.08. The van der Waals surface area contributed by atoms with Gasteiger partial charge in [0, 0.05) is 31.6 Å². The van der Waals surface area contributed by atoms with Crippen LogP contribution in [-0.4, -0.2) is 30.3 Å². The number of carbonyl (C=O) groups excluding carboxylic acids is 1. The van der Waals surface area contributed by atoms with E-state index in [1.165, 1.54) is 5.56 Å². The Kier molecular flexibility index (Phi) is 7.36. The molecule has 0 spiro atoms. The SMILES string of the molecule is Cc1ccc(CN(C)C(=O)NCCSCc2ccccc2C#N)cc1. The van der Waals surface area contributed by atoms with Crippen LogP contribution in [0.3, 0.4) is 0 Å². The molecule has 0 bridgehead atoms. The van der Waals surface area contributed by atoms with Gasteiger partial charge < -0.3 is 10.2 Å². The molecule has 0 aliphatic rings. The monoisotopic (exact) mass is 353 g/mol. The van der Waals surface area contributed by atoms with Crippen LogP contribution in [0.15, 0.2) is 48.5 Å². The summed E-state index contributed by atoms with van der Waals surface area (Å²) in [6, 6.07) is 17.9. The highest BCUT2D eigenvalue weighted by Crippen LogP contribution is 2.15. The van der Waals surface area contributed by atoms with Crippen LogP contribution in [0.1, 0.15) is 22.3 Å². The van der Waals surface area contributed by atoms with Crippen LogP contribution in [0.5, 0.6) is 0 Å². The van der Waals surface area contributed by atoms with Crippen LogP contribution in [0, 0.1) is 18.3 Å². The summed E-state index contributed by atoms with van der Waals surface area (Å²) in [7, 11) is 1.80. The first kappa shape index (κ1) is 18.9. The standard InChI is InChI=1S/C20H23N3OS/c1-16-7-9-17(10-8-16)14-23(2)20(24)22-11-12-25-15-19-6-4-3-5-18(19)13-21/h3-10H,11-12,14-15H2,1-2H3,(H,22,24). The van der Waals surface area contributed by atoms with E-state index >= 15 is 0 Å². The van der Waals surface area contributed by atoms with Crippen molar-refractivity contribution >= 4 is 17.8 Å². The third-order valence-electron chi connectivity index (χ3n) is 3.81. The fourth-order valence-electron chi connectivity index (χ4n) is 2.34. The minimum absolute atomic E-state index is 0.0707. The number of hydrogen-bond donors (Lipinski definition) is 1. The lowest BCUT2D eigenvalue weighted by Gasteiger charge is -2.18. The molecule has 25 heavy (non-hydrogen) atoms. The zero-order chi connectivity index (χ0) is 18.1. The van der Waals surface area contributed by atoms with Gasteiger partial charge in [-0.3, -0.25) is 0 Å². The molecule has 2 amide bonds.